The van der Waals surface area contributed by atoms with Crippen LogP contribution in [0.3, 0.4) is 0 Å². The van der Waals surface area contributed by atoms with E-state index in [0.717, 1.165) is 5.69 Å². The number of hydrogen-bond donors (Lipinski definition) is 2. The third-order valence-electron chi connectivity index (χ3n) is 3.37. The monoisotopic (exact) mass is 328 g/mol. The van der Waals surface area contributed by atoms with Crippen molar-refractivity contribution in [3.05, 3.63) is 59.4 Å². The number of nitrogens with zero attached hydrogens (tertiary/aromatic N) is 2. The number of hydrogen-bond acceptors (Lipinski definition) is 4. The molecule has 2 heterocycles. The summed E-state index contributed by atoms with van der Waals surface area (Å²) in [6.45, 7) is 0. The molecule has 0 saturated carbocycles. The number of para-hydroxylation sites is 1. The van der Waals surface area contributed by atoms with Gasteiger partial charge >= 0.3 is 0 Å². The van der Waals surface area contributed by atoms with Gasteiger partial charge in [0.25, 0.3) is 11.8 Å². The second-order valence-corrected chi connectivity index (χ2v) is 5.33. The molecule has 0 aliphatic heterocycles. The molecule has 2 aromatic heterocycles. The van der Waals surface area contributed by atoms with Gasteiger partial charge in [0, 0.05) is 11.1 Å². The zero-order chi connectivity index (χ0) is 15.8. The summed E-state index contributed by atoms with van der Waals surface area (Å²) in [6, 6.07) is 14.4. The summed E-state index contributed by atoms with van der Waals surface area (Å²) < 4.78 is 19.2. The first-order valence-corrected chi connectivity index (χ1v) is 7.21. The molecular formula is C16H10ClFN4O. The molecular weight excluding hydrogens is 319 g/mol. The molecule has 0 amide bonds. The van der Waals surface area contributed by atoms with Gasteiger partial charge in [-0.25, -0.2) is 4.39 Å². The molecule has 0 aliphatic carbocycles. The van der Waals surface area contributed by atoms with Crippen molar-refractivity contribution < 1.29 is 8.91 Å². The molecule has 0 unspecified atom stereocenters. The van der Waals surface area contributed by atoms with Crippen molar-refractivity contribution >= 4 is 34.1 Å². The van der Waals surface area contributed by atoms with Crippen molar-refractivity contribution in [1.82, 2.24) is 15.1 Å². The zero-order valence-corrected chi connectivity index (χ0v) is 12.4. The molecule has 0 atom stereocenters. The number of rotatable bonds is 3. The second-order valence-electron chi connectivity index (χ2n) is 4.92. The molecule has 0 radical (unpaired) electrons. The Morgan fingerprint density at radius 1 is 1.13 bits per heavy atom. The molecule has 23 heavy (non-hydrogen) atoms. The van der Waals surface area contributed by atoms with E-state index in [-0.39, 0.29) is 10.9 Å². The summed E-state index contributed by atoms with van der Waals surface area (Å²) in [5.74, 6) is 0.0797. The fourth-order valence-electron chi connectivity index (χ4n) is 2.29. The standard InChI is InChI=1S/C16H10ClFN4O/c17-11-7-6-9-8-12(20-14(9)13(11)18)15-21-16(22-23-15)19-10-4-2-1-3-5-10/h1-8,20H,(H,19,22). The smallest absolute Gasteiger partial charge is 0.275 e. The van der Waals surface area contributed by atoms with Crippen molar-refractivity contribution in [2.24, 2.45) is 0 Å². The highest BCUT2D eigenvalue weighted by Crippen LogP contribution is 2.29. The maximum Gasteiger partial charge on any atom is 0.275 e. The van der Waals surface area contributed by atoms with Gasteiger partial charge in [0.2, 0.25) is 0 Å². The highest BCUT2D eigenvalue weighted by molar-refractivity contribution is 6.31. The molecule has 0 aliphatic rings. The van der Waals surface area contributed by atoms with Crippen LogP contribution in [0.5, 0.6) is 0 Å². The van der Waals surface area contributed by atoms with E-state index < -0.39 is 5.82 Å². The van der Waals surface area contributed by atoms with E-state index in [2.05, 4.69) is 20.4 Å². The van der Waals surface area contributed by atoms with E-state index in [9.17, 15) is 4.39 Å². The van der Waals surface area contributed by atoms with Gasteiger partial charge in [0.15, 0.2) is 5.82 Å². The van der Waals surface area contributed by atoms with Crippen LogP contribution in [0.4, 0.5) is 16.0 Å². The van der Waals surface area contributed by atoms with E-state index in [1.54, 1.807) is 12.1 Å². The molecule has 5 nitrogen and oxygen atoms in total. The van der Waals surface area contributed by atoms with E-state index in [4.69, 9.17) is 16.1 Å². The number of anilines is 2. The molecule has 114 valence electrons. The van der Waals surface area contributed by atoms with Crippen molar-refractivity contribution in [3.8, 4) is 11.6 Å². The number of halogens is 2. The second kappa shape index (κ2) is 5.40. The minimum atomic E-state index is -0.502. The Hall–Kier alpha value is -2.86. The van der Waals surface area contributed by atoms with E-state index in [0.29, 0.717) is 22.5 Å². The molecule has 0 spiro atoms. The SMILES string of the molecule is Fc1c(Cl)ccc2cc(-c3nc(Nc4ccccc4)no3)[nH]c12. The van der Waals surface area contributed by atoms with Gasteiger partial charge in [-0.05, 0) is 29.4 Å². The van der Waals surface area contributed by atoms with Crippen LogP contribution in [0, 0.1) is 5.82 Å². The first kappa shape index (κ1) is 13.8. The number of nitrogens with one attached hydrogen (secondary N) is 2. The summed E-state index contributed by atoms with van der Waals surface area (Å²) in [4.78, 5) is 7.16. The van der Waals surface area contributed by atoms with Crippen molar-refractivity contribution in [2.45, 2.75) is 0 Å². The maximum atomic E-state index is 14.0. The predicted molar refractivity (Wildman–Crippen MR) is 86.3 cm³/mol. The molecule has 0 fully saturated rings. The van der Waals surface area contributed by atoms with E-state index in [1.165, 1.54) is 6.07 Å². The average molecular weight is 329 g/mol. The van der Waals surface area contributed by atoms with Crippen LogP contribution in [-0.2, 0) is 0 Å². The molecule has 2 N–H and O–H groups in total. The normalized spacial score (nSPS) is 11.0. The summed E-state index contributed by atoms with van der Waals surface area (Å²) in [5.41, 5.74) is 1.67. The number of H-pyrrole nitrogens is 1. The topological polar surface area (TPSA) is 66.7 Å². The molecule has 0 saturated heterocycles. The predicted octanol–water partition coefficient (Wildman–Crippen LogP) is 4.75. The largest absolute Gasteiger partial charge is 0.348 e. The minimum Gasteiger partial charge on any atom is -0.348 e. The fraction of sp³-hybridized carbons (Fsp3) is 0. The van der Waals surface area contributed by atoms with Gasteiger partial charge in [0.05, 0.1) is 10.5 Å². The minimum absolute atomic E-state index is 0.0582. The van der Waals surface area contributed by atoms with Crippen molar-refractivity contribution in [1.29, 1.82) is 0 Å². The highest BCUT2D eigenvalue weighted by atomic mass is 35.5. The quantitative estimate of drug-likeness (QED) is 0.569. The lowest BCUT2D eigenvalue weighted by molar-refractivity contribution is 0.432. The van der Waals surface area contributed by atoms with Crippen LogP contribution in [-0.4, -0.2) is 15.1 Å². The van der Waals surface area contributed by atoms with Crippen LogP contribution >= 0.6 is 11.6 Å². The Kier molecular flexibility index (Phi) is 3.24. The molecule has 2 aromatic carbocycles. The zero-order valence-electron chi connectivity index (χ0n) is 11.7. The lowest BCUT2D eigenvalue weighted by Crippen LogP contribution is -1.91. The lowest BCUT2D eigenvalue weighted by atomic mass is 10.2. The summed E-state index contributed by atoms with van der Waals surface area (Å²) in [7, 11) is 0. The Morgan fingerprint density at radius 2 is 1.96 bits per heavy atom. The fourth-order valence-corrected chi connectivity index (χ4v) is 2.45. The lowest BCUT2D eigenvalue weighted by Gasteiger charge is -1.98. The van der Waals surface area contributed by atoms with Gasteiger partial charge in [-0.1, -0.05) is 35.9 Å². The Bertz CT molecular complexity index is 980. The van der Waals surface area contributed by atoms with Gasteiger partial charge in [0.1, 0.15) is 5.69 Å². The van der Waals surface area contributed by atoms with Crippen LogP contribution in [0.25, 0.3) is 22.5 Å². The summed E-state index contributed by atoms with van der Waals surface area (Å²) in [6.07, 6.45) is 0. The number of aromatic amines is 1. The molecule has 4 rings (SSSR count). The van der Waals surface area contributed by atoms with Gasteiger partial charge in [-0.3, -0.25) is 0 Å². The molecule has 7 heteroatoms. The third-order valence-corrected chi connectivity index (χ3v) is 3.66. The van der Waals surface area contributed by atoms with E-state index in [1.807, 2.05) is 30.3 Å². The third kappa shape index (κ3) is 2.53. The van der Waals surface area contributed by atoms with Crippen molar-refractivity contribution in [3.63, 3.8) is 0 Å². The number of benzene rings is 2. The number of aromatic nitrogens is 3. The van der Waals surface area contributed by atoms with E-state index >= 15 is 0 Å². The van der Waals surface area contributed by atoms with Crippen LogP contribution < -0.4 is 5.32 Å². The van der Waals surface area contributed by atoms with Gasteiger partial charge in [-0.2, -0.15) is 4.98 Å². The van der Waals surface area contributed by atoms with Crippen LogP contribution in [0.2, 0.25) is 5.02 Å². The summed E-state index contributed by atoms with van der Waals surface area (Å²) >= 11 is 5.78. The summed E-state index contributed by atoms with van der Waals surface area (Å²) in [5, 5.41) is 7.62. The highest BCUT2D eigenvalue weighted by Gasteiger charge is 2.14. The van der Waals surface area contributed by atoms with Crippen LogP contribution in [0.1, 0.15) is 0 Å². The Morgan fingerprint density at radius 3 is 2.78 bits per heavy atom. The Balaban J connectivity index is 1.68. The van der Waals surface area contributed by atoms with Gasteiger partial charge < -0.3 is 14.8 Å². The Labute approximate surface area is 135 Å². The van der Waals surface area contributed by atoms with Gasteiger partial charge in [-0.15, -0.1) is 0 Å². The molecule has 4 aromatic rings. The van der Waals surface area contributed by atoms with Crippen LogP contribution in [0.15, 0.2) is 53.1 Å². The number of fused-ring (bicyclic) bond motifs is 1. The first-order valence-electron chi connectivity index (χ1n) is 6.83. The maximum absolute atomic E-state index is 14.0. The first-order chi connectivity index (χ1) is 11.2. The average Bonchev–Trinajstić information content (AvgIpc) is 3.19. The molecule has 0 bridgehead atoms. The van der Waals surface area contributed by atoms with Crippen molar-refractivity contribution in [2.75, 3.05) is 5.32 Å².